The van der Waals surface area contributed by atoms with Crippen LogP contribution in [-0.2, 0) is 14.3 Å². The van der Waals surface area contributed by atoms with Gasteiger partial charge in [-0.3, -0.25) is 9.59 Å². The van der Waals surface area contributed by atoms with Crippen LogP contribution in [0.5, 0.6) is 0 Å². The fourth-order valence-corrected chi connectivity index (χ4v) is 3.75. The van der Waals surface area contributed by atoms with Crippen molar-refractivity contribution >= 4 is 27.7 Å². The molecule has 0 N–H and O–H groups in total. The molecular weight excluding hydrogens is 248 g/mol. The lowest BCUT2D eigenvalue weighted by atomic mass is 9.62. The van der Waals surface area contributed by atoms with Gasteiger partial charge in [-0.05, 0) is 6.42 Å². The van der Waals surface area contributed by atoms with Gasteiger partial charge in [-0.25, -0.2) is 0 Å². The van der Waals surface area contributed by atoms with Crippen molar-refractivity contribution in [2.75, 3.05) is 5.33 Å². The van der Waals surface area contributed by atoms with Gasteiger partial charge in [-0.2, -0.15) is 0 Å². The second-order valence-electron chi connectivity index (χ2n) is 4.62. The molecule has 1 saturated carbocycles. The molecule has 0 spiro atoms. The van der Waals surface area contributed by atoms with E-state index in [1.165, 1.54) is 0 Å². The first-order chi connectivity index (χ1) is 6.45. The van der Waals surface area contributed by atoms with Gasteiger partial charge in [0.05, 0.1) is 11.2 Å². The number of hydrogen-bond acceptors (Lipinski definition) is 3. The third-order valence-electron chi connectivity index (χ3n) is 3.77. The number of fused-ring (bicyclic) bond motifs is 2. The van der Waals surface area contributed by atoms with E-state index in [1.807, 2.05) is 13.8 Å². The Morgan fingerprint density at radius 1 is 1.50 bits per heavy atom. The fourth-order valence-electron chi connectivity index (χ4n) is 2.60. The average Bonchev–Trinajstić information content (AvgIpc) is 2.23. The molecule has 2 aliphatic rings. The Morgan fingerprint density at radius 3 is 2.64 bits per heavy atom. The molecule has 0 unspecified atom stereocenters. The van der Waals surface area contributed by atoms with Crippen molar-refractivity contribution in [1.29, 1.82) is 0 Å². The smallest absolute Gasteiger partial charge is 0.310 e. The SMILES string of the molecule is CC1(C)[C@@H]2CCC(=O)[C@@]1(CBr)OC2=O. The zero-order valence-corrected chi connectivity index (χ0v) is 9.89. The van der Waals surface area contributed by atoms with Gasteiger partial charge < -0.3 is 4.74 Å². The quantitative estimate of drug-likeness (QED) is 0.532. The Hall–Kier alpha value is -0.380. The van der Waals surface area contributed by atoms with Crippen molar-refractivity contribution in [3.05, 3.63) is 0 Å². The average molecular weight is 261 g/mol. The molecule has 1 saturated heterocycles. The molecule has 3 nitrogen and oxygen atoms in total. The lowest BCUT2D eigenvalue weighted by molar-refractivity contribution is -0.158. The van der Waals surface area contributed by atoms with Crippen molar-refractivity contribution in [2.24, 2.45) is 11.3 Å². The van der Waals surface area contributed by atoms with Gasteiger partial charge in [0.25, 0.3) is 0 Å². The molecule has 0 radical (unpaired) electrons. The molecule has 0 aromatic carbocycles. The predicted octanol–water partition coefficient (Wildman–Crippen LogP) is 1.68. The van der Waals surface area contributed by atoms with E-state index in [0.717, 1.165) is 0 Å². The van der Waals surface area contributed by atoms with Gasteiger partial charge >= 0.3 is 5.97 Å². The molecule has 0 aromatic heterocycles. The summed E-state index contributed by atoms with van der Waals surface area (Å²) in [6, 6.07) is 0. The Balaban J connectivity index is 2.53. The summed E-state index contributed by atoms with van der Waals surface area (Å²) in [6.07, 6.45) is 1.10. The Bertz CT molecular complexity index is 310. The molecule has 0 aromatic rings. The summed E-state index contributed by atoms with van der Waals surface area (Å²) in [7, 11) is 0. The molecular formula is C10H13BrO3. The monoisotopic (exact) mass is 260 g/mol. The standard InChI is InChI=1S/C10H13BrO3/c1-9(2)6-3-4-7(12)10(9,5-11)14-8(6)13/h6H,3-5H2,1-2H3/t6-,10-/m1/s1. The summed E-state index contributed by atoms with van der Waals surface area (Å²) in [5, 5.41) is 0.411. The lowest BCUT2D eigenvalue weighted by Gasteiger charge is -2.41. The van der Waals surface area contributed by atoms with Crippen molar-refractivity contribution in [1.82, 2.24) is 0 Å². The summed E-state index contributed by atoms with van der Waals surface area (Å²) in [4.78, 5) is 23.4. The Labute approximate surface area is 91.3 Å². The van der Waals surface area contributed by atoms with Crippen LogP contribution in [0.15, 0.2) is 0 Å². The lowest BCUT2D eigenvalue weighted by Crippen LogP contribution is -2.54. The number of carbonyl (C=O) groups is 2. The van der Waals surface area contributed by atoms with E-state index >= 15 is 0 Å². The van der Waals surface area contributed by atoms with Gasteiger partial charge in [0.2, 0.25) is 0 Å². The highest BCUT2D eigenvalue weighted by Crippen LogP contribution is 2.54. The molecule has 0 amide bonds. The largest absolute Gasteiger partial charge is 0.449 e. The normalized spacial score (nSPS) is 39.8. The summed E-state index contributed by atoms with van der Waals surface area (Å²) >= 11 is 3.30. The molecule has 4 heteroatoms. The van der Waals surface area contributed by atoms with Crippen molar-refractivity contribution in [3.8, 4) is 0 Å². The first kappa shape index (κ1) is 10.1. The van der Waals surface area contributed by atoms with Crippen LogP contribution in [-0.4, -0.2) is 22.7 Å². The van der Waals surface area contributed by atoms with Gasteiger partial charge in [-0.1, -0.05) is 29.8 Å². The Morgan fingerprint density at radius 2 is 2.14 bits per heavy atom. The maximum absolute atomic E-state index is 11.9. The molecule has 2 atom stereocenters. The molecule has 2 fully saturated rings. The van der Waals surface area contributed by atoms with E-state index in [-0.39, 0.29) is 23.1 Å². The van der Waals surface area contributed by atoms with Gasteiger partial charge in [-0.15, -0.1) is 0 Å². The van der Waals surface area contributed by atoms with Crippen molar-refractivity contribution < 1.29 is 14.3 Å². The van der Waals surface area contributed by atoms with Crippen LogP contribution in [0, 0.1) is 11.3 Å². The van der Waals surface area contributed by atoms with Crippen molar-refractivity contribution in [2.45, 2.75) is 32.3 Å². The number of halogens is 1. The van der Waals surface area contributed by atoms with E-state index in [9.17, 15) is 9.59 Å². The zero-order valence-electron chi connectivity index (χ0n) is 8.30. The van der Waals surface area contributed by atoms with E-state index in [0.29, 0.717) is 18.2 Å². The van der Waals surface area contributed by atoms with E-state index in [4.69, 9.17) is 4.74 Å². The third-order valence-corrected chi connectivity index (χ3v) is 4.56. The summed E-state index contributed by atoms with van der Waals surface area (Å²) in [5.74, 6) is -0.264. The van der Waals surface area contributed by atoms with E-state index < -0.39 is 5.60 Å². The van der Waals surface area contributed by atoms with E-state index in [1.54, 1.807) is 0 Å². The second kappa shape index (κ2) is 2.81. The van der Waals surface area contributed by atoms with Crippen LogP contribution in [0.25, 0.3) is 0 Å². The first-order valence-electron chi connectivity index (χ1n) is 4.78. The number of Topliss-reactive ketones (excluding diaryl/α,β-unsaturated/α-hetero) is 1. The number of hydrogen-bond donors (Lipinski definition) is 0. The van der Waals surface area contributed by atoms with Gasteiger partial charge in [0.1, 0.15) is 0 Å². The number of rotatable bonds is 1. The number of carbonyl (C=O) groups excluding carboxylic acids is 2. The highest BCUT2D eigenvalue weighted by atomic mass is 79.9. The minimum absolute atomic E-state index is 0.0569. The number of ketones is 1. The molecule has 2 rings (SSSR count). The second-order valence-corrected chi connectivity index (χ2v) is 5.18. The Kier molecular flexibility index (Phi) is 2.04. The predicted molar refractivity (Wildman–Crippen MR) is 54.1 cm³/mol. The number of ether oxygens (including phenoxy) is 1. The highest BCUT2D eigenvalue weighted by Gasteiger charge is 2.66. The van der Waals surface area contributed by atoms with Crippen LogP contribution >= 0.6 is 15.9 Å². The summed E-state index contributed by atoms with van der Waals surface area (Å²) in [6.45, 7) is 3.89. The van der Waals surface area contributed by atoms with Crippen LogP contribution in [0.4, 0.5) is 0 Å². The molecule has 1 heterocycles. The first-order valence-corrected chi connectivity index (χ1v) is 5.90. The number of esters is 1. The summed E-state index contributed by atoms with van der Waals surface area (Å²) < 4.78 is 5.31. The topological polar surface area (TPSA) is 43.4 Å². The molecule has 1 aliphatic carbocycles. The minimum atomic E-state index is -0.910. The van der Waals surface area contributed by atoms with Crippen LogP contribution < -0.4 is 0 Å². The maximum atomic E-state index is 11.9. The zero-order chi connectivity index (χ0) is 10.6. The maximum Gasteiger partial charge on any atom is 0.310 e. The summed E-state index contributed by atoms with van der Waals surface area (Å²) in [5.41, 5.74) is -1.28. The highest BCUT2D eigenvalue weighted by molar-refractivity contribution is 9.09. The van der Waals surface area contributed by atoms with Gasteiger partial charge in [0, 0.05) is 11.8 Å². The van der Waals surface area contributed by atoms with Gasteiger partial charge in [0.15, 0.2) is 11.4 Å². The molecule has 78 valence electrons. The van der Waals surface area contributed by atoms with E-state index in [2.05, 4.69) is 15.9 Å². The van der Waals surface area contributed by atoms with Crippen LogP contribution in [0.2, 0.25) is 0 Å². The van der Waals surface area contributed by atoms with Crippen LogP contribution in [0.1, 0.15) is 26.7 Å². The third kappa shape index (κ3) is 0.926. The van der Waals surface area contributed by atoms with Crippen molar-refractivity contribution in [3.63, 3.8) is 0 Å². The number of alkyl halides is 1. The van der Waals surface area contributed by atoms with Crippen LogP contribution in [0.3, 0.4) is 0 Å². The molecule has 1 aliphatic heterocycles. The molecule has 14 heavy (non-hydrogen) atoms. The molecule has 2 bridgehead atoms. The fraction of sp³-hybridized carbons (Fsp3) is 0.800. The minimum Gasteiger partial charge on any atom is -0.449 e.